The zero-order chi connectivity index (χ0) is 9.84. The van der Waals surface area contributed by atoms with Gasteiger partial charge in [0, 0.05) is 0 Å². The fourth-order valence-corrected chi connectivity index (χ4v) is 2.15. The van der Waals surface area contributed by atoms with Gasteiger partial charge in [0.1, 0.15) is 0 Å². The molecule has 4 heteroatoms. The minimum absolute atomic E-state index is 0.00931. The van der Waals surface area contributed by atoms with Crippen LogP contribution in [0.4, 0.5) is 0 Å². The van der Waals surface area contributed by atoms with Crippen LogP contribution in [0.15, 0.2) is 15.2 Å². The van der Waals surface area contributed by atoms with Crippen molar-refractivity contribution >= 4 is 27.3 Å². The van der Waals surface area contributed by atoms with Gasteiger partial charge in [-0.15, -0.1) is 11.3 Å². The van der Waals surface area contributed by atoms with E-state index >= 15 is 0 Å². The molecule has 0 bridgehead atoms. The summed E-state index contributed by atoms with van der Waals surface area (Å²) in [6.07, 6.45) is 0.244. The molecule has 0 radical (unpaired) electrons. The van der Waals surface area contributed by atoms with Gasteiger partial charge in [0.05, 0.1) is 22.5 Å². The molecule has 1 rings (SSSR count). The Hall–Kier alpha value is 0.100. The van der Waals surface area contributed by atoms with Gasteiger partial charge in [-0.25, -0.2) is 0 Å². The molecule has 0 aromatic carbocycles. The lowest BCUT2D eigenvalue weighted by atomic mass is 10.2. The number of nitrogens with two attached hydrogens (primary N) is 1. The van der Waals surface area contributed by atoms with Crippen molar-refractivity contribution < 1.29 is 4.74 Å². The fraction of sp³-hybridized carbons (Fsp3) is 0.556. The molecule has 2 nitrogen and oxygen atoms in total. The summed E-state index contributed by atoms with van der Waals surface area (Å²) in [6, 6.07) is 2.03. The minimum atomic E-state index is -0.00931. The molecule has 1 aromatic heterocycles. The van der Waals surface area contributed by atoms with E-state index in [4.69, 9.17) is 10.5 Å². The lowest BCUT2D eigenvalue weighted by Gasteiger charge is -2.12. The number of halogens is 1. The molecule has 0 saturated heterocycles. The van der Waals surface area contributed by atoms with Crippen LogP contribution in [-0.2, 0) is 4.74 Å². The van der Waals surface area contributed by atoms with Gasteiger partial charge >= 0.3 is 0 Å². The smallest absolute Gasteiger partial charge is 0.0701 e. The third-order valence-electron chi connectivity index (χ3n) is 1.63. The zero-order valence-corrected chi connectivity index (χ0v) is 10.2. The second kappa shape index (κ2) is 5.10. The molecule has 1 unspecified atom stereocenters. The average Bonchev–Trinajstić information content (AvgIpc) is 2.47. The predicted octanol–water partition coefficient (Wildman–Crippen LogP) is 2.94. The summed E-state index contributed by atoms with van der Waals surface area (Å²) >= 11 is 5.05. The van der Waals surface area contributed by atoms with Crippen LogP contribution in [0.5, 0.6) is 0 Å². The van der Waals surface area contributed by atoms with Crippen LogP contribution in [-0.4, -0.2) is 12.7 Å². The highest BCUT2D eigenvalue weighted by atomic mass is 79.9. The van der Waals surface area contributed by atoms with Crippen molar-refractivity contribution in [3.8, 4) is 0 Å². The molecule has 0 spiro atoms. The maximum absolute atomic E-state index is 5.92. The molecule has 0 fully saturated rings. The first-order chi connectivity index (χ1) is 6.09. The zero-order valence-electron chi connectivity index (χ0n) is 7.79. The lowest BCUT2D eigenvalue weighted by Crippen LogP contribution is -2.18. The summed E-state index contributed by atoms with van der Waals surface area (Å²) in [5, 5.41) is 2.05. The van der Waals surface area contributed by atoms with Crippen LogP contribution < -0.4 is 5.73 Å². The van der Waals surface area contributed by atoms with Gasteiger partial charge < -0.3 is 10.5 Å². The topological polar surface area (TPSA) is 35.2 Å². The highest BCUT2D eigenvalue weighted by molar-refractivity contribution is 9.11. The van der Waals surface area contributed by atoms with Crippen LogP contribution in [0.1, 0.15) is 25.5 Å². The van der Waals surface area contributed by atoms with Gasteiger partial charge in [0.15, 0.2) is 0 Å². The summed E-state index contributed by atoms with van der Waals surface area (Å²) in [6.45, 7) is 4.60. The Morgan fingerprint density at radius 1 is 1.62 bits per heavy atom. The molecule has 0 aliphatic carbocycles. The van der Waals surface area contributed by atoms with E-state index in [9.17, 15) is 0 Å². The third-order valence-corrected chi connectivity index (χ3v) is 3.15. The van der Waals surface area contributed by atoms with Crippen molar-refractivity contribution in [3.63, 3.8) is 0 Å². The lowest BCUT2D eigenvalue weighted by molar-refractivity contribution is 0.0684. The Morgan fingerprint density at radius 2 is 2.31 bits per heavy atom. The fourth-order valence-electron chi connectivity index (χ4n) is 0.910. The minimum Gasteiger partial charge on any atom is -0.377 e. The Morgan fingerprint density at radius 3 is 2.77 bits per heavy atom. The first kappa shape index (κ1) is 11.2. The maximum atomic E-state index is 5.92. The van der Waals surface area contributed by atoms with Crippen molar-refractivity contribution in [1.82, 2.24) is 0 Å². The highest BCUT2D eigenvalue weighted by Crippen LogP contribution is 2.24. The van der Waals surface area contributed by atoms with Crippen LogP contribution in [0.25, 0.3) is 0 Å². The van der Waals surface area contributed by atoms with Gasteiger partial charge in [-0.1, -0.05) is 0 Å². The first-order valence-corrected chi connectivity index (χ1v) is 5.88. The van der Waals surface area contributed by atoms with Gasteiger partial charge in [-0.2, -0.15) is 0 Å². The van der Waals surface area contributed by atoms with Crippen LogP contribution in [0.3, 0.4) is 0 Å². The van der Waals surface area contributed by atoms with Crippen LogP contribution in [0, 0.1) is 0 Å². The van der Waals surface area contributed by atoms with E-state index in [0.29, 0.717) is 6.61 Å². The second-order valence-electron chi connectivity index (χ2n) is 3.17. The molecule has 74 valence electrons. The molecule has 0 aliphatic rings. The Labute approximate surface area is 91.2 Å². The predicted molar refractivity (Wildman–Crippen MR) is 60.0 cm³/mol. The van der Waals surface area contributed by atoms with E-state index in [2.05, 4.69) is 21.3 Å². The monoisotopic (exact) mass is 263 g/mol. The second-order valence-corrected chi connectivity index (χ2v) is 5.46. The number of hydrogen-bond acceptors (Lipinski definition) is 3. The molecule has 13 heavy (non-hydrogen) atoms. The quantitative estimate of drug-likeness (QED) is 0.907. The number of ether oxygens (including phenoxy) is 1. The van der Waals surface area contributed by atoms with Crippen molar-refractivity contribution in [2.24, 2.45) is 5.73 Å². The summed E-state index contributed by atoms with van der Waals surface area (Å²) < 4.78 is 6.55. The Bertz CT molecular complexity index is 262. The van der Waals surface area contributed by atoms with Crippen molar-refractivity contribution in [2.45, 2.75) is 26.0 Å². The molecular weight excluding hydrogens is 250 g/mol. The van der Waals surface area contributed by atoms with Crippen molar-refractivity contribution in [2.75, 3.05) is 6.61 Å². The highest BCUT2D eigenvalue weighted by Gasteiger charge is 2.08. The van der Waals surface area contributed by atoms with Gasteiger partial charge in [-0.3, -0.25) is 0 Å². The molecule has 1 aromatic rings. The largest absolute Gasteiger partial charge is 0.377 e. The van der Waals surface area contributed by atoms with Gasteiger partial charge in [0.25, 0.3) is 0 Å². The van der Waals surface area contributed by atoms with E-state index in [-0.39, 0.29) is 12.1 Å². The van der Waals surface area contributed by atoms with Crippen LogP contribution >= 0.6 is 27.3 Å². The molecule has 0 aliphatic heterocycles. The standard InChI is InChI=1S/C9H14BrNOS/c1-6(2)12-4-8(11)7-3-9(10)13-5-7/h3,5-6,8H,4,11H2,1-2H3. The summed E-state index contributed by atoms with van der Waals surface area (Å²) in [7, 11) is 0. The number of thiophene rings is 1. The first-order valence-electron chi connectivity index (χ1n) is 4.20. The molecule has 1 heterocycles. The van der Waals surface area contributed by atoms with E-state index in [1.54, 1.807) is 11.3 Å². The number of rotatable bonds is 4. The summed E-state index contributed by atoms with van der Waals surface area (Å²) in [4.78, 5) is 0. The molecule has 2 N–H and O–H groups in total. The molecule has 0 amide bonds. The van der Waals surface area contributed by atoms with E-state index in [1.807, 2.05) is 19.9 Å². The third kappa shape index (κ3) is 3.77. The van der Waals surface area contributed by atoms with Crippen molar-refractivity contribution in [1.29, 1.82) is 0 Å². The SMILES string of the molecule is CC(C)OCC(N)c1csc(Br)c1. The van der Waals surface area contributed by atoms with Gasteiger partial charge in [-0.05, 0) is 46.8 Å². The summed E-state index contributed by atoms with van der Waals surface area (Å²) in [5.74, 6) is 0. The maximum Gasteiger partial charge on any atom is 0.0701 e. The van der Waals surface area contributed by atoms with E-state index in [0.717, 1.165) is 9.35 Å². The Balaban J connectivity index is 2.44. The normalized spacial score (nSPS) is 13.6. The van der Waals surface area contributed by atoms with Crippen LogP contribution in [0.2, 0.25) is 0 Å². The average molecular weight is 264 g/mol. The number of hydrogen-bond donors (Lipinski definition) is 1. The Kier molecular flexibility index (Phi) is 4.38. The van der Waals surface area contributed by atoms with E-state index < -0.39 is 0 Å². The summed E-state index contributed by atoms with van der Waals surface area (Å²) in [5.41, 5.74) is 7.05. The molecule has 1 atom stereocenters. The van der Waals surface area contributed by atoms with Crippen molar-refractivity contribution in [3.05, 3.63) is 20.8 Å². The van der Waals surface area contributed by atoms with E-state index in [1.165, 1.54) is 0 Å². The molecular formula is C9H14BrNOS. The molecule has 0 saturated carbocycles. The van der Waals surface area contributed by atoms with Gasteiger partial charge in [0.2, 0.25) is 0 Å².